The smallest absolute Gasteiger partial charge is 0.256 e. The van der Waals surface area contributed by atoms with Gasteiger partial charge in [0.2, 0.25) is 5.91 Å². The molecule has 0 spiro atoms. The molecule has 1 aromatic rings. The second-order valence-corrected chi connectivity index (χ2v) is 4.85. The van der Waals surface area contributed by atoms with Crippen molar-refractivity contribution in [2.45, 2.75) is 18.4 Å². The Morgan fingerprint density at radius 2 is 2.00 bits per heavy atom. The molecular formula is C14H20ClN3O3. The highest BCUT2D eigenvalue weighted by molar-refractivity contribution is 5.99. The number of piperidine rings is 1. The van der Waals surface area contributed by atoms with Crippen LogP contribution in [0.2, 0.25) is 0 Å². The number of halogens is 1. The summed E-state index contributed by atoms with van der Waals surface area (Å²) in [6, 6.07) is 6.56. The summed E-state index contributed by atoms with van der Waals surface area (Å²) in [6.07, 6.45) is 1.23. The van der Waals surface area contributed by atoms with Crippen molar-refractivity contribution in [3.8, 4) is 0 Å². The number of primary amides is 1. The van der Waals surface area contributed by atoms with Crippen molar-refractivity contribution in [1.29, 1.82) is 0 Å². The summed E-state index contributed by atoms with van der Waals surface area (Å²) < 4.78 is 5.45. The average Bonchev–Trinajstić information content (AvgIpc) is 2.48. The van der Waals surface area contributed by atoms with E-state index in [1.165, 1.54) is 0 Å². The van der Waals surface area contributed by atoms with Gasteiger partial charge in [0.15, 0.2) is 0 Å². The molecule has 1 saturated heterocycles. The highest BCUT2D eigenvalue weighted by Gasteiger charge is 2.39. The Bertz CT molecular complexity index is 516. The Labute approximate surface area is 129 Å². The molecule has 0 saturated carbocycles. The van der Waals surface area contributed by atoms with Crippen molar-refractivity contribution >= 4 is 29.9 Å². The van der Waals surface area contributed by atoms with Crippen LogP contribution in [0, 0.1) is 0 Å². The lowest BCUT2D eigenvalue weighted by Crippen LogP contribution is -2.51. The van der Waals surface area contributed by atoms with E-state index in [1.807, 2.05) is 0 Å². The second kappa shape index (κ2) is 7.40. The number of carbonyl (C=O) groups excluding carboxylic acids is 2. The number of carbonyl (C=O) groups is 2. The van der Waals surface area contributed by atoms with E-state index in [1.54, 1.807) is 31.4 Å². The predicted octanol–water partition coefficient (Wildman–Crippen LogP) is 0.914. The fourth-order valence-corrected chi connectivity index (χ4v) is 2.35. The maximum atomic E-state index is 12.4. The third kappa shape index (κ3) is 3.93. The Morgan fingerprint density at radius 1 is 1.33 bits per heavy atom. The molecule has 0 aliphatic carbocycles. The van der Waals surface area contributed by atoms with Gasteiger partial charge in [-0.15, -0.1) is 12.4 Å². The number of rotatable bonds is 4. The molecule has 6 nitrogen and oxygen atoms in total. The van der Waals surface area contributed by atoms with Crippen LogP contribution in [-0.4, -0.2) is 37.6 Å². The van der Waals surface area contributed by atoms with Crippen LogP contribution in [-0.2, 0) is 9.53 Å². The lowest BCUT2D eigenvalue weighted by atomic mass is 9.91. The van der Waals surface area contributed by atoms with Gasteiger partial charge in [-0.1, -0.05) is 6.07 Å². The highest BCUT2D eigenvalue weighted by Crippen LogP contribution is 2.24. The number of nitrogens with one attached hydrogen (secondary N) is 2. The van der Waals surface area contributed by atoms with Crippen LogP contribution in [0.15, 0.2) is 24.3 Å². The van der Waals surface area contributed by atoms with Crippen molar-refractivity contribution in [1.82, 2.24) is 5.32 Å². The molecule has 1 aliphatic heterocycles. The van der Waals surface area contributed by atoms with Crippen LogP contribution in [0.5, 0.6) is 0 Å². The van der Waals surface area contributed by atoms with Crippen LogP contribution in [0.25, 0.3) is 0 Å². The Hall–Kier alpha value is -1.63. The molecule has 0 atom stereocenters. The van der Waals surface area contributed by atoms with Gasteiger partial charge in [0.1, 0.15) is 5.60 Å². The molecule has 0 radical (unpaired) electrons. The normalized spacial score (nSPS) is 16.6. The summed E-state index contributed by atoms with van der Waals surface area (Å²) in [4.78, 5) is 23.6. The Balaban J connectivity index is 0.00000220. The van der Waals surface area contributed by atoms with E-state index >= 15 is 0 Å². The molecule has 0 unspecified atom stereocenters. The molecule has 7 heteroatoms. The highest BCUT2D eigenvalue weighted by atomic mass is 35.5. The minimum absolute atomic E-state index is 0. The molecule has 0 bridgehead atoms. The average molecular weight is 314 g/mol. The van der Waals surface area contributed by atoms with Crippen molar-refractivity contribution in [2.24, 2.45) is 5.73 Å². The molecule has 4 N–H and O–H groups in total. The van der Waals surface area contributed by atoms with E-state index in [0.717, 1.165) is 13.1 Å². The Morgan fingerprint density at radius 3 is 2.57 bits per heavy atom. The predicted molar refractivity (Wildman–Crippen MR) is 82.7 cm³/mol. The van der Waals surface area contributed by atoms with E-state index in [-0.39, 0.29) is 18.3 Å². The molecular weight excluding hydrogens is 294 g/mol. The second-order valence-electron chi connectivity index (χ2n) is 4.85. The quantitative estimate of drug-likeness (QED) is 0.770. The van der Waals surface area contributed by atoms with Crippen molar-refractivity contribution < 1.29 is 14.3 Å². The molecule has 0 aromatic heterocycles. The first-order valence-electron chi connectivity index (χ1n) is 6.54. The van der Waals surface area contributed by atoms with Crippen LogP contribution in [0.3, 0.4) is 0 Å². The summed E-state index contributed by atoms with van der Waals surface area (Å²) in [6.45, 7) is 1.48. The first kappa shape index (κ1) is 17.4. The van der Waals surface area contributed by atoms with E-state index in [4.69, 9.17) is 10.5 Å². The molecule has 2 amide bonds. The standard InChI is InChI=1S/C14H19N3O3.ClH/c1-20-14(5-7-16-8-6-14)13(19)17-11-4-2-3-10(9-11)12(15)18;/h2-4,9,16H,5-8H2,1H3,(H2,15,18)(H,17,19);1H. The van der Waals surface area contributed by atoms with Crippen LogP contribution >= 0.6 is 12.4 Å². The number of nitrogens with two attached hydrogens (primary N) is 1. The van der Waals surface area contributed by atoms with Crippen LogP contribution in [0.1, 0.15) is 23.2 Å². The Kier molecular flexibility index (Phi) is 6.14. The van der Waals surface area contributed by atoms with Crippen molar-refractivity contribution in [2.75, 3.05) is 25.5 Å². The first-order chi connectivity index (χ1) is 9.57. The minimum Gasteiger partial charge on any atom is -0.368 e. The molecule has 1 fully saturated rings. The summed E-state index contributed by atoms with van der Waals surface area (Å²) in [5, 5.41) is 5.99. The fourth-order valence-electron chi connectivity index (χ4n) is 2.35. The van der Waals surface area contributed by atoms with E-state index < -0.39 is 11.5 Å². The monoisotopic (exact) mass is 313 g/mol. The molecule has 1 aliphatic rings. The van der Waals surface area contributed by atoms with Crippen molar-refractivity contribution in [3.63, 3.8) is 0 Å². The number of hydrogen-bond acceptors (Lipinski definition) is 4. The van der Waals surface area contributed by atoms with Gasteiger partial charge >= 0.3 is 0 Å². The van der Waals surface area contributed by atoms with Gasteiger partial charge in [0.05, 0.1) is 0 Å². The molecule has 1 aromatic carbocycles. The summed E-state index contributed by atoms with van der Waals surface area (Å²) in [5.41, 5.74) is 5.32. The first-order valence-corrected chi connectivity index (χ1v) is 6.54. The van der Waals surface area contributed by atoms with Gasteiger partial charge in [0.25, 0.3) is 5.91 Å². The molecule has 1 heterocycles. The van der Waals surface area contributed by atoms with Gasteiger partial charge < -0.3 is 21.1 Å². The largest absolute Gasteiger partial charge is 0.368 e. The SMILES string of the molecule is COC1(C(=O)Nc2cccc(C(N)=O)c2)CCNCC1.Cl. The summed E-state index contributed by atoms with van der Waals surface area (Å²) >= 11 is 0. The van der Waals surface area contributed by atoms with Gasteiger partial charge in [-0.05, 0) is 44.1 Å². The minimum atomic E-state index is -0.812. The van der Waals surface area contributed by atoms with E-state index in [9.17, 15) is 9.59 Å². The molecule has 2 rings (SSSR count). The zero-order valence-electron chi connectivity index (χ0n) is 11.8. The van der Waals surface area contributed by atoms with Crippen molar-refractivity contribution in [3.05, 3.63) is 29.8 Å². The fraction of sp³-hybridized carbons (Fsp3) is 0.429. The number of benzene rings is 1. The molecule has 21 heavy (non-hydrogen) atoms. The van der Waals surface area contributed by atoms with Gasteiger partial charge in [0, 0.05) is 18.4 Å². The molecule has 116 valence electrons. The third-order valence-electron chi connectivity index (χ3n) is 3.62. The topological polar surface area (TPSA) is 93.4 Å². The maximum absolute atomic E-state index is 12.4. The van der Waals surface area contributed by atoms with E-state index in [0.29, 0.717) is 24.1 Å². The lowest BCUT2D eigenvalue weighted by molar-refractivity contribution is -0.140. The lowest BCUT2D eigenvalue weighted by Gasteiger charge is -2.34. The number of hydrogen-bond donors (Lipinski definition) is 3. The van der Waals surface area contributed by atoms with Crippen LogP contribution < -0.4 is 16.4 Å². The number of amides is 2. The summed E-state index contributed by atoms with van der Waals surface area (Å²) in [5.74, 6) is -0.715. The third-order valence-corrected chi connectivity index (χ3v) is 3.62. The van der Waals surface area contributed by atoms with E-state index in [2.05, 4.69) is 10.6 Å². The zero-order valence-corrected chi connectivity index (χ0v) is 12.7. The maximum Gasteiger partial charge on any atom is 0.256 e. The number of anilines is 1. The zero-order chi connectivity index (χ0) is 14.6. The van der Waals surface area contributed by atoms with Gasteiger partial charge in [-0.25, -0.2) is 0 Å². The summed E-state index contributed by atoms with van der Waals surface area (Å²) in [7, 11) is 1.55. The van der Waals surface area contributed by atoms with Crippen LogP contribution in [0.4, 0.5) is 5.69 Å². The van der Waals surface area contributed by atoms with Gasteiger partial charge in [-0.3, -0.25) is 9.59 Å². The number of methoxy groups -OCH3 is 1. The number of ether oxygens (including phenoxy) is 1. The van der Waals surface area contributed by atoms with Gasteiger partial charge in [-0.2, -0.15) is 0 Å².